The zero-order valence-electron chi connectivity index (χ0n) is 9.40. The van der Waals surface area contributed by atoms with E-state index in [-0.39, 0.29) is 17.1 Å². The van der Waals surface area contributed by atoms with Crippen molar-refractivity contribution in [3.05, 3.63) is 24.3 Å². The summed E-state index contributed by atoms with van der Waals surface area (Å²) in [7, 11) is -7.64. The molecule has 0 heterocycles. The largest absolute Gasteiger partial charge is 0.385 e. The van der Waals surface area contributed by atoms with Crippen LogP contribution in [0.3, 0.4) is 0 Å². The molecule has 0 aromatic heterocycles. The molecule has 1 aromatic rings. The van der Waals surface area contributed by atoms with Crippen LogP contribution in [0.15, 0.2) is 29.2 Å². The van der Waals surface area contributed by atoms with Crippen LogP contribution < -0.4 is 10.5 Å². The fraction of sp³-hybridized carbons (Fsp3) is 0.333. The maximum absolute atomic E-state index is 11.0. The third kappa shape index (κ3) is 5.45. The molecule has 9 heteroatoms. The molecular formula is C9H14N2O5S2. The molecule has 1 aromatic carbocycles. The number of nitrogens with one attached hydrogen (secondary N) is 1. The summed E-state index contributed by atoms with van der Waals surface area (Å²) >= 11 is 0. The van der Waals surface area contributed by atoms with E-state index in [1.807, 2.05) is 0 Å². The van der Waals surface area contributed by atoms with Gasteiger partial charge in [-0.3, -0.25) is 4.55 Å². The van der Waals surface area contributed by atoms with Crippen LogP contribution >= 0.6 is 0 Å². The maximum Gasteiger partial charge on any atom is 0.264 e. The lowest BCUT2D eigenvalue weighted by Gasteiger charge is -2.06. The normalized spacial score (nSPS) is 12.3. The SMILES string of the molecule is NS(=O)(=O)c1ccc(NCCCS(=O)(=O)O)cc1. The minimum atomic E-state index is -3.94. The first-order valence-electron chi connectivity index (χ1n) is 5.00. The molecular weight excluding hydrogens is 280 g/mol. The molecule has 0 unspecified atom stereocenters. The van der Waals surface area contributed by atoms with Gasteiger partial charge in [0.05, 0.1) is 10.6 Å². The highest BCUT2D eigenvalue weighted by Crippen LogP contribution is 2.12. The molecule has 0 amide bonds. The minimum Gasteiger partial charge on any atom is -0.385 e. The zero-order valence-corrected chi connectivity index (χ0v) is 11.0. The molecule has 0 aliphatic carbocycles. The number of benzene rings is 1. The number of hydrogen-bond donors (Lipinski definition) is 3. The summed E-state index contributed by atoms with van der Waals surface area (Å²) in [6.45, 7) is 0.342. The van der Waals surface area contributed by atoms with Crippen molar-refractivity contribution in [3.8, 4) is 0 Å². The second-order valence-corrected chi connectivity index (χ2v) is 6.77. The van der Waals surface area contributed by atoms with Gasteiger partial charge >= 0.3 is 0 Å². The molecule has 0 fully saturated rings. The van der Waals surface area contributed by atoms with E-state index in [1.54, 1.807) is 0 Å². The van der Waals surface area contributed by atoms with Crippen molar-refractivity contribution in [2.45, 2.75) is 11.3 Å². The Bertz CT molecular complexity index is 592. The molecule has 18 heavy (non-hydrogen) atoms. The summed E-state index contributed by atoms with van der Waals surface area (Å²) in [6, 6.07) is 5.74. The van der Waals surface area contributed by atoms with Crippen LogP contribution in [0, 0.1) is 0 Å². The first kappa shape index (κ1) is 14.9. The van der Waals surface area contributed by atoms with Gasteiger partial charge in [-0.1, -0.05) is 0 Å². The van der Waals surface area contributed by atoms with Crippen molar-refractivity contribution < 1.29 is 21.4 Å². The lowest BCUT2D eigenvalue weighted by atomic mass is 10.3. The second-order valence-electron chi connectivity index (χ2n) is 3.64. The van der Waals surface area contributed by atoms with Gasteiger partial charge in [0, 0.05) is 12.2 Å². The van der Waals surface area contributed by atoms with E-state index in [1.165, 1.54) is 24.3 Å². The van der Waals surface area contributed by atoms with Crippen LogP contribution in [0.1, 0.15) is 6.42 Å². The second kappa shape index (κ2) is 5.65. The Morgan fingerprint density at radius 2 is 1.67 bits per heavy atom. The molecule has 102 valence electrons. The Labute approximate surface area is 106 Å². The minimum absolute atomic E-state index is 0.00554. The number of rotatable bonds is 6. The van der Waals surface area contributed by atoms with Crippen molar-refractivity contribution in [1.82, 2.24) is 0 Å². The smallest absolute Gasteiger partial charge is 0.264 e. The van der Waals surface area contributed by atoms with Gasteiger partial charge < -0.3 is 5.32 Å². The predicted octanol–water partition coefficient (Wildman–Crippen LogP) is 0.0238. The highest BCUT2D eigenvalue weighted by atomic mass is 32.2. The number of anilines is 1. The lowest BCUT2D eigenvalue weighted by Crippen LogP contribution is -2.12. The molecule has 1 rings (SSSR count). The quantitative estimate of drug-likeness (QED) is 0.501. The van der Waals surface area contributed by atoms with Crippen LogP contribution in [-0.4, -0.2) is 33.7 Å². The van der Waals surface area contributed by atoms with E-state index < -0.39 is 20.1 Å². The topological polar surface area (TPSA) is 127 Å². The van der Waals surface area contributed by atoms with E-state index in [4.69, 9.17) is 9.69 Å². The van der Waals surface area contributed by atoms with Gasteiger partial charge in [0.15, 0.2) is 0 Å². The van der Waals surface area contributed by atoms with Crippen LogP contribution in [-0.2, 0) is 20.1 Å². The Balaban J connectivity index is 2.50. The summed E-state index contributed by atoms with van der Waals surface area (Å²) in [6.07, 6.45) is 0.246. The molecule has 0 bridgehead atoms. The fourth-order valence-corrected chi connectivity index (χ4v) is 2.27. The molecule has 0 radical (unpaired) electrons. The zero-order chi connectivity index (χ0) is 13.8. The third-order valence-electron chi connectivity index (χ3n) is 2.09. The van der Waals surface area contributed by atoms with Gasteiger partial charge in [-0.2, -0.15) is 8.42 Å². The molecule has 0 atom stereocenters. The van der Waals surface area contributed by atoms with Crippen molar-refractivity contribution in [2.24, 2.45) is 5.14 Å². The standard InChI is InChI=1S/C9H14N2O5S2/c10-18(15,16)9-4-2-8(3-5-9)11-6-1-7-17(12,13)14/h2-5,11H,1,6-7H2,(H2,10,15,16)(H,12,13,14). The van der Waals surface area contributed by atoms with Crippen LogP contribution in [0.2, 0.25) is 0 Å². The highest BCUT2D eigenvalue weighted by molar-refractivity contribution is 7.89. The Morgan fingerprint density at radius 1 is 1.11 bits per heavy atom. The fourth-order valence-electron chi connectivity index (χ4n) is 1.25. The van der Waals surface area contributed by atoms with Crippen molar-refractivity contribution >= 4 is 25.8 Å². The van der Waals surface area contributed by atoms with Gasteiger partial charge in [0.2, 0.25) is 10.0 Å². The Hall–Kier alpha value is -1.16. The molecule has 0 aliphatic heterocycles. The highest BCUT2D eigenvalue weighted by Gasteiger charge is 2.07. The Morgan fingerprint density at radius 3 is 2.11 bits per heavy atom. The molecule has 7 nitrogen and oxygen atoms in total. The monoisotopic (exact) mass is 294 g/mol. The summed E-state index contributed by atoms with van der Waals surface area (Å²) < 4.78 is 51.3. The van der Waals surface area contributed by atoms with E-state index in [0.717, 1.165) is 0 Å². The van der Waals surface area contributed by atoms with E-state index in [2.05, 4.69) is 5.32 Å². The summed E-state index contributed by atoms with van der Waals surface area (Å²) in [5.41, 5.74) is 0.637. The number of hydrogen-bond acceptors (Lipinski definition) is 5. The van der Waals surface area contributed by atoms with Crippen molar-refractivity contribution in [3.63, 3.8) is 0 Å². The van der Waals surface area contributed by atoms with Crippen LogP contribution in [0.5, 0.6) is 0 Å². The van der Waals surface area contributed by atoms with Gasteiger partial charge in [-0.15, -0.1) is 0 Å². The van der Waals surface area contributed by atoms with Gasteiger partial charge in [0.1, 0.15) is 0 Å². The van der Waals surface area contributed by atoms with Crippen molar-refractivity contribution in [2.75, 3.05) is 17.6 Å². The molecule has 4 N–H and O–H groups in total. The number of sulfonamides is 1. The van der Waals surface area contributed by atoms with E-state index >= 15 is 0 Å². The average Bonchev–Trinajstić information content (AvgIpc) is 2.22. The summed E-state index contributed by atoms with van der Waals surface area (Å²) in [4.78, 5) is 0.00554. The molecule has 0 aliphatic rings. The lowest BCUT2D eigenvalue weighted by molar-refractivity contribution is 0.481. The van der Waals surface area contributed by atoms with Gasteiger partial charge in [-0.05, 0) is 30.7 Å². The Kier molecular flexibility index (Phi) is 4.68. The predicted molar refractivity (Wildman–Crippen MR) is 67.3 cm³/mol. The molecule has 0 saturated heterocycles. The molecule has 0 spiro atoms. The average molecular weight is 294 g/mol. The van der Waals surface area contributed by atoms with E-state index in [9.17, 15) is 16.8 Å². The first-order valence-corrected chi connectivity index (χ1v) is 8.16. The number of nitrogens with two attached hydrogens (primary N) is 1. The maximum atomic E-state index is 11.0. The summed E-state index contributed by atoms with van der Waals surface area (Å²) in [5, 5.41) is 7.82. The van der Waals surface area contributed by atoms with Crippen LogP contribution in [0.25, 0.3) is 0 Å². The van der Waals surface area contributed by atoms with Gasteiger partial charge in [-0.25, -0.2) is 13.6 Å². The van der Waals surface area contributed by atoms with Gasteiger partial charge in [0.25, 0.3) is 10.1 Å². The first-order chi connectivity index (χ1) is 8.18. The summed E-state index contributed by atoms with van der Waals surface area (Å²) in [5.74, 6) is -0.324. The third-order valence-corrected chi connectivity index (χ3v) is 3.82. The molecule has 0 saturated carbocycles. The van der Waals surface area contributed by atoms with E-state index in [0.29, 0.717) is 12.2 Å². The van der Waals surface area contributed by atoms with Crippen LogP contribution in [0.4, 0.5) is 5.69 Å². The number of primary sulfonamides is 1. The van der Waals surface area contributed by atoms with Crippen molar-refractivity contribution in [1.29, 1.82) is 0 Å².